The number of carbonyl (C=O) groups is 1. The second-order valence-corrected chi connectivity index (χ2v) is 7.17. The van der Waals surface area contributed by atoms with Crippen molar-refractivity contribution in [2.45, 2.75) is 58.9 Å². The van der Waals surface area contributed by atoms with E-state index in [0.717, 1.165) is 5.69 Å². The minimum absolute atomic E-state index is 0.132. The first-order valence-electron chi connectivity index (χ1n) is 6.57. The van der Waals surface area contributed by atoms with Crippen molar-refractivity contribution in [1.29, 1.82) is 0 Å². The van der Waals surface area contributed by atoms with Gasteiger partial charge in [0.1, 0.15) is 0 Å². The van der Waals surface area contributed by atoms with Gasteiger partial charge in [0.05, 0.1) is 6.42 Å². The van der Waals surface area contributed by atoms with Crippen LogP contribution < -0.4 is 4.90 Å². The van der Waals surface area contributed by atoms with Crippen molar-refractivity contribution in [3.63, 3.8) is 0 Å². The van der Waals surface area contributed by atoms with Crippen LogP contribution in [0.4, 0.5) is 5.69 Å². The molecule has 1 aromatic rings. The largest absolute Gasteiger partial charge is 0.307 e. The van der Waals surface area contributed by atoms with E-state index in [1.807, 2.05) is 4.90 Å². The summed E-state index contributed by atoms with van der Waals surface area (Å²) in [6.45, 7) is 12.8. The molecule has 0 saturated carbocycles. The summed E-state index contributed by atoms with van der Waals surface area (Å²) in [5, 5.41) is 0. The molecular formula is C16H23NO. The highest BCUT2D eigenvalue weighted by atomic mass is 16.2. The second kappa shape index (κ2) is 3.84. The summed E-state index contributed by atoms with van der Waals surface area (Å²) in [6.07, 6.45) is 0.538. The Hall–Kier alpha value is -1.31. The molecule has 18 heavy (non-hydrogen) atoms. The summed E-state index contributed by atoms with van der Waals surface area (Å²) in [5.74, 6) is 0.212. The molecule has 98 valence electrons. The Balaban J connectivity index is 2.48. The van der Waals surface area contributed by atoms with Gasteiger partial charge in [-0.3, -0.25) is 4.79 Å². The molecule has 0 bridgehead atoms. The molecule has 0 radical (unpaired) electrons. The lowest BCUT2D eigenvalue weighted by atomic mass is 9.86. The molecule has 1 aromatic carbocycles. The molecule has 0 fully saturated rings. The van der Waals surface area contributed by atoms with Gasteiger partial charge < -0.3 is 4.90 Å². The zero-order valence-electron chi connectivity index (χ0n) is 12.3. The molecular weight excluding hydrogens is 222 g/mol. The van der Waals surface area contributed by atoms with Crippen molar-refractivity contribution in [3.8, 4) is 0 Å². The number of fused-ring (bicyclic) bond motifs is 1. The minimum Gasteiger partial charge on any atom is -0.307 e. The highest BCUT2D eigenvalue weighted by Gasteiger charge is 2.35. The van der Waals surface area contributed by atoms with Gasteiger partial charge in [0.15, 0.2) is 0 Å². The van der Waals surface area contributed by atoms with Crippen LogP contribution in [-0.2, 0) is 16.6 Å². The molecule has 1 heterocycles. The van der Waals surface area contributed by atoms with Crippen LogP contribution in [0.25, 0.3) is 0 Å². The third-order valence-corrected chi connectivity index (χ3v) is 3.45. The summed E-state index contributed by atoms with van der Waals surface area (Å²) < 4.78 is 0. The number of benzene rings is 1. The third kappa shape index (κ3) is 2.16. The van der Waals surface area contributed by atoms with E-state index in [1.165, 1.54) is 11.1 Å². The molecule has 0 unspecified atom stereocenters. The molecule has 0 atom stereocenters. The van der Waals surface area contributed by atoms with E-state index >= 15 is 0 Å². The first-order chi connectivity index (χ1) is 8.10. The van der Waals surface area contributed by atoms with E-state index < -0.39 is 0 Å². The van der Waals surface area contributed by atoms with Crippen molar-refractivity contribution >= 4 is 11.6 Å². The molecule has 1 aliphatic rings. The molecule has 0 saturated heterocycles. The number of hydrogen-bond donors (Lipinski definition) is 0. The number of anilines is 1. The third-order valence-electron chi connectivity index (χ3n) is 3.45. The molecule has 0 N–H and O–H groups in total. The molecule has 2 heteroatoms. The Morgan fingerprint density at radius 2 is 1.67 bits per heavy atom. The van der Waals surface area contributed by atoms with Gasteiger partial charge in [-0.25, -0.2) is 0 Å². The smallest absolute Gasteiger partial charge is 0.231 e. The molecule has 2 nitrogen and oxygen atoms in total. The monoisotopic (exact) mass is 245 g/mol. The predicted molar refractivity (Wildman–Crippen MR) is 76.1 cm³/mol. The number of hydrogen-bond acceptors (Lipinski definition) is 1. The van der Waals surface area contributed by atoms with Crippen LogP contribution in [0.15, 0.2) is 18.2 Å². The predicted octanol–water partition coefficient (Wildman–Crippen LogP) is 3.67. The summed E-state index contributed by atoms with van der Waals surface area (Å²) in [4.78, 5) is 14.1. The summed E-state index contributed by atoms with van der Waals surface area (Å²) in [6, 6.07) is 6.45. The van der Waals surface area contributed by atoms with Gasteiger partial charge >= 0.3 is 0 Å². The Morgan fingerprint density at radius 3 is 2.17 bits per heavy atom. The maximum Gasteiger partial charge on any atom is 0.231 e. The average Bonchev–Trinajstić information content (AvgIpc) is 2.49. The zero-order valence-corrected chi connectivity index (χ0v) is 12.3. The van der Waals surface area contributed by atoms with Gasteiger partial charge in [-0.2, -0.15) is 0 Å². The minimum atomic E-state index is -0.147. The average molecular weight is 245 g/mol. The molecule has 0 spiro atoms. The quantitative estimate of drug-likeness (QED) is 0.683. The Kier molecular flexibility index (Phi) is 2.80. The van der Waals surface area contributed by atoms with Crippen LogP contribution in [0.3, 0.4) is 0 Å². The van der Waals surface area contributed by atoms with Crippen molar-refractivity contribution in [2.24, 2.45) is 0 Å². The van der Waals surface area contributed by atoms with Gasteiger partial charge in [-0.1, -0.05) is 32.9 Å². The van der Waals surface area contributed by atoms with Crippen LogP contribution in [-0.4, -0.2) is 11.4 Å². The molecule has 1 amide bonds. The fourth-order valence-electron chi connectivity index (χ4n) is 2.52. The normalized spacial score (nSPS) is 16.1. The van der Waals surface area contributed by atoms with Gasteiger partial charge in [-0.15, -0.1) is 0 Å². The van der Waals surface area contributed by atoms with Gasteiger partial charge in [0.25, 0.3) is 0 Å². The zero-order chi connectivity index (χ0) is 13.7. The van der Waals surface area contributed by atoms with E-state index in [9.17, 15) is 4.79 Å². The van der Waals surface area contributed by atoms with Crippen molar-refractivity contribution in [1.82, 2.24) is 0 Å². The first-order valence-corrected chi connectivity index (χ1v) is 6.57. The maximum atomic E-state index is 12.2. The number of carbonyl (C=O) groups excluding carboxylic acids is 1. The number of rotatable bonds is 0. The maximum absolute atomic E-state index is 12.2. The standard InChI is InChI=1S/C16H23NO/c1-15(2,3)12-7-8-13-11(9-12)10-14(18)17(13)16(4,5)6/h7-9H,10H2,1-6H3. The number of nitrogens with zero attached hydrogens (tertiary/aromatic N) is 1. The topological polar surface area (TPSA) is 20.3 Å². The van der Waals surface area contributed by atoms with Crippen LogP contribution in [0.1, 0.15) is 52.7 Å². The van der Waals surface area contributed by atoms with Crippen LogP contribution >= 0.6 is 0 Å². The van der Waals surface area contributed by atoms with Crippen molar-refractivity contribution < 1.29 is 4.79 Å². The van der Waals surface area contributed by atoms with Crippen LogP contribution in [0, 0.1) is 0 Å². The van der Waals surface area contributed by atoms with Gasteiger partial charge in [-0.05, 0) is 43.4 Å². The molecule has 0 aromatic heterocycles. The van der Waals surface area contributed by atoms with Gasteiger partial charge in [0.2, 0.25) is 5.91 Å². The SMILES string of the molecule is CC(C)(C)c1ccc2c(c1)CC(=O)N2C(C)(C)C. The Labute approximate surface area is 110 Å². The summed E-state index contributed by atoms with van der Waals surface area (Å²) in [7, 11) is 0. The van der Waals surface area contributed by atoms with Crippen molar-refractivity contribution in [2.75, 3.05) is 4.90 Å². The fourth-order valence-corrected chi connectivity index (χ4v) is 2.52. The first kappa shape index (κ1) is 13.1. The van der Waals surface area contributed by atoms with E-state index in [-0.39, 0.29) is 16.9 Å². The lowest BCUT2D eigenvalue weighted by Crippen LogP contribution is -2.43. The number of amides is 1. The second-order valence-electron chi connectivity index (χ2n) is 7.17. The van der Waals surface area contributed by atoms with E-state index in [2.05, 4.69) is 59.7 Å². The lowest BCUT2D eigenvalue weighted by Gasteiger charge is -2.32. The van der Waals surface area contributed by atoms with Crippen LogP contribution in [0.2, 0.25) is 0 Å². The van der Waals surface area contributed by atoms with Gasteiger partial charge in [0, 0.05) is 11.2 Å². The Morgan fingerprint density at radius 1 is 1.06 bits per heavy atom. The fraction of sp³-hybridized carbons (Fsp3) is 0.562. The Bertz CT molecular complexity index is 489. The molecule has 1 aliphatic heterocycles. The van der Waals surface area contributed by atoms with Crippen molar-refractivity contribution in [3.05, 3.63) is 29.3 Å². The highest BCUT2D eigenvalue weighted by Crippen LogP contribution is 2.37. The summed E-state index contributed by atoms with van der Waals surface area (Å²) >= 11 is 0. The molecule has 2 rings (SSSR count). The van der Waals surface area contributed by atoms with E-state index in [1.54, 1.807) is 0 Å². The van der Waals surface area contributed by atoms with E-state index in [4.69, 9.17) is 0 Å². The lowest BCUT2D eigenvalue weighted by molar-refractivity contribution is -0.118. The van der Waals surface area contributed by atoms with Crippen LogP contribution in [0.5, 0.6) is 0 Å². The van der Waals surface area contributed by atoms with E-state index in [0.29, 0.717) is 6.42 Å². The molecule has 0 aliphatic carbocycles. The summed E-state index contributed by atoms with van der Waals surface area (Å²) in [5.41, 5.74) is 3.53. The highest BCUT2D eigenvalue weighted by molar-refractivity contribution is 6.02.